The molecule has 0 amide bonds. The summed E-state index contributed by atoms with van der Waals surface area (Å²) in [5.41, 5.74) is 2.12. The monoisotopic (exact) mass is 453 g/mol. The highest BCUT2D eigenvalue weighted by atomic mass is 16.6. The maximum Gasteiger partial charge on any atom is 0.330 e. The number of phenols is 1. The first-order chi connectivity index (χ1) is 16.5. The highest BCUT2D eigenvalue weighted by molar-refractivity contribution is 5.81. The van der Waals surface area contributed by atoms with E-state index in [0.29, 0.717) is 28.8 Å². The number of hydrogen-bond acceptors (Lipinski definition) is 7. The van der Waals surface area contributed by atoms with Crippen LogP contribution in [0.2, 0.25) is 0 Å². The smallest absolute Gasteiger partial charge is 0.330 e. The summed E-state index contributed by atoms with van der Waals surface area (Å²) in [4.78, 5) is 25.2. The predicted octanol–water partition coefficient (Wildman–Crippen LogP) is 5.07. The van der Waals surface area contributed by atoms with Crippen molar-refractivity contribution in [3.63, 3.8) is 0 Å². The van der Waals surface area contributed by atoms with Crippen molar-refractivity contribution in [2.24, 2.45) is 0 Å². The summed E-state index contributed by atoms with van der Waals surface area (Å²) in [6, 6.07) is 24.1. The number of carbonyl (C=O) groups is 1. The first-order valence-corrected chi connectivity index (χ1v) is 10.7. The Kier molecular flexibility index (Phi) is 6.93. The molecule has 0 aliphatic heterocycles. The summed E-state index contributed by atoms with van der Waals surface area (Å²) in [5, 5.41) is 10.7. The van der Waals surface area contributed by atoms with Gasteiger partial charge in [0.05, 0.1) is 5.56 Å². The molecule has 1 atom stereocenters. The highest BCUT2D eigenvalue weighted by Gasteiger charge is 2.15. The van der Waals surface area contributed by atoms with Crippen LogP contribution in [-0.4, -0.2) is 38.7 Å². The fraction of sp³-hybridized carbons (Fsp3) is 0.111. The molecule has 0 radical (unpaired) electrons. The first-order valence-electron chi connectivity index (χ1n) is 10.7. The summed E-state index contributed by atoms with van der Waals surface area (Å²) in [6.45, 7) is 5.20. The quantitative estimate of drug-likeness (QED) is 0.294. The number of benzene rings is 3. The Bertz CT molecular complexity index is 1240. The molecule has 4 aromatic rings. The molecule has 34 heavy (non-hydrogen) atoms. The van der Waals surface area contributed by atoms with Gasteiger partial charge < -0.3 is 14.6 Å². The number of hydrogen-bond donors (Lipinski definition) is 1. The first kappa shape index (κ1) is 22.7. The Hall–Kier alpha value is -4.52. The van der Waals surface area contributed by atoms with Crippen molar-refractivity contribution >= 4 is 5.97 Å². The molecule has 0 aliphatic carbocycles. The van der Waals surface area contributed by atoms with Crippen LogP contribution >= 0.6 is 0 Å². The Labute approximate surface area is 197 Å². The van der Waals surface area contributed by atoms with Gasteiger partial charge in [0, 0.05) is 23.3 Å². The molecule has 3 aromatic carbocycles. The van der Waals surface area contributed by atoms with E-state index in [4.69, 9.17) is 9.47 Å². The molecule has 0 spiro atoms. The van der Waals surface area contributed by atoms with Gasteiger partial charge in [-0.1, -0.05) is 67.2 Å². The zero-order valence-corrected chi connectivity index (χ0v) is 18.6. The van der Waals surface area contributed by atoms with Gasteiger partial charge in [0.25, 0.3) is 0 Å². The lowest BCUT2D eigenvalue weighted by molar-refractivity contribution is -0.143. The second kappa shape index (κ2) is 10.4. The van der Waals surface area contributed by atoms with Crippen molar-refractivity contribution < 1.29 is 19.4 Å². The minimum Gasteiger partial charge on any atom is -0.507 e. The van der Waals surface area contributed by atoms with Crippen LogP contribution in [0.25, 0.3) is 34.2 Å². The number of carbonyl (C=O) groups excluding carboxylic acids is 1. The largest absolute Gasteiger partial charge is 0.507 e. The van der Waals surface area contributed by atoms with Crippen LogP contribution in [0.4, 0.5) is 0 Å². The van der Waals surface area contributed by atoms with Crippen LogP contribution in [0.1, 0.15) is 6.92 Å². The van der Waals surface area contributed by atoms with Gasteiger partial charge in [-0.3, -0.25) is 0 Å². The highest BCUT2D eigenvalue weighted by Crippen LogP contribution is 2.32. The summed E-state index contributed by atoms with van der Waals surface area (Å²) >= 11 is 0. The summed E-state index contributed by atoms with van der Waals surface area (Å²) in [6.07, 6.45) is 0.622. The Morgan fingerprint density at radius 3 is 2.00 bits per heavy atom. The average Bonchev–Trinajstić information content (AvgIpc) is 2.88. The molecule has 7 nitrogen and oxygen atoms in total. The van der Waals surface area contributed by atoms with E-state index in [1.165, 1.54) is 6.07 Å². The van der Waals surface area contributed by atoms with E-state index in [9.17, 15) is 9.90 Å². The number of phenolic OH excluding ortho intramolecular Hbond substituents is 1. The summed E-state index contributed by atoms with van der Waals surface area (Å²) < 4.78 is 10.7. The molecule has 1 heterocycles. The molecule has 1 unspecified atom stereocenters. The van der Waals surface area contributed by atoms with Gasteiger partial charge >= 0.3 is 5.97 Å². The third kappa shape index (κ3) is 5.45. The van der Waals surface area contributed by atoms with E-state index in [0.717, 1.165) is 17.2 Å². The minimum absolute atomic E-state index is 0.0440. The number of aromatic nitrogens is 3. The topological polar surface area (TPSA) is 94.4 Å². The van der Waals surface area contributed by atoms with Gasteiger partial charge in [-0.2, -0.15) is 0 Å². The number of nitrogens with zero attached hydrogens (tertiary/aromatic N) is 3. The Balaban J connectivity index is 1.65. The van der Waals surface area contributed by atoms with Crippen LogP contribution < -0.4 is 4.74 Å². The van der Waals surface area contributed by atoms with Crippen LogP contribution in [0.15, 0.2) is 91.5 Å². The molecule has 0 saturated carbocycles. The summed E-state index contributed by atoms with van der Waals surface area (Å²) in [7, 11) is 0. The van der Waals surface area contributed by atoms with E-state index < -0.39 is 12.1 Å². The number of rotatable bonds is 8. The fourth-order valence-electron chi connectivity index (χ4n) is 3.21. The van der Waals surface area contributed by atoms with Crippen LogP contribution in [0.3, 0.4) is 0 Å². The molecule has 7 heteroatoms. The molecule has 1 N–H and O–H groups in total. The van der Waals surface area contributed by atoms with E-state index in [-0.39, 0.29) is 12.4 Å². The molecule has 0 aliphatic rings. The third-order valence-electron chi connectivity index (χ3n) is 4.88. The Morgan fingerprint density at radius 2 is 1.47 bits per heavy atom. The third-order valence-corrected chi connectivity index (χ3v) is 4.88. The van der Waals surface area contributed by atoms with Crippen LogP contribution in [-0.2, 0) is 9.53 Å². The lowest BCUT2D eigenvalue weighted by Crippen LogP contribution is -2.20. The molecule has 4 rings (SSSR count). The second-order valence-corrected chi connectivity index (χ2v) is 7.48. The van der Waals surface area contributed by atoms with Crippen LogP contribution in [0, 0.1) is 0 Å². The Morgan fingerprint density at radius 1 is 0.912 bits per heavy atom. The van der Waals surface area contributed by atoms with Gasteiger partial charge in [0.1, 0.15) is 24.2 Å². The minimum atomic E-state index is -0.521. The van der Waals surface area contributed by atoms with Crippen molar-refractivity contribution in [1.29, 1.82) is 0 Å². The molecule has 0 bridgehead atoms. The van der Waals surface area contributed by atoms with Gasteiger partial charge in [-0.25, -0.2) is 19.7 Å². The normalized spacial score (nSPS) is 11.4. The van der Waals surface area contributed by atoms with Crippen molar-refractivity contribution in [2.75, 3.05) is 6.61 Å². The van der Waals surface area contributed by atoms with Gasteiger partial charge in [0.2, 0.25) is 0 Å². The lowest BCUT2D eigenvalue weighted by Gasteiger charge is -2.14. The second-order valence-electron chi connectivity index (χ2n) is 7.48. The van der Waals surface area contributed by atoms with Gasteiger partial charge in [-0.05, 0) is 19.1 Å². The lowest BCUT2D eigenvalue weighted by atomic mass is 10.1. The van der Waals surface area contributed by atoms with E-state index >= 15 is 0 Å². The van der Waals surface area contributed by atoms with Gasteiger partial charge in [-0.15, -0.1) is 0 Å². The number of ether oxygens (including phenoxy) is 2. The fourth-order valence-corrected chi connectivity index (χ4v) is 3.21. The number of esters is 1. The number of aromatic hydroxyl groups is 1. The molecule has 0 saturated heterocycles. The van der Waals surface area contributed by atoms with E-state index in [1.807, 2.05) is 60.7 Å². The van der Waals surface area contributed by atoms with Gasteiger partial charge in [0.15, 0.2) is 17.5 Å². The molecule has 0 fully saturated rings. The van der Waals surface area contributed by atoms with E-state index in [2.05, 4.69) is 21.5 Å². The van der Waals surface area contributed by atoms with Crippen molar-refractivity contribution in [3.8, 4) is 45.7 Å². The maximum atomic E-state index is 11.3. The molecular weight excluding hydrogens is 430 g/mol. The maximum absolute atomic E-state index is 11.3. The van der Waals surface area contributed by atoms with Crippen molar-refractivity contribution in [2.45, 2.75) is 13.0 Å². The van der Waals surface area contributed by atoms with Crippen molar-refractivity contribution in [1.82, 2.24) is 15.0 Å². The molecule has 170 valence electrons. The average molecular weight is 453 g/mol. The summed E-state index contributed by atoms with van der Waals surface area (Å²) in [5.74, 6) is 1.20. The van der Waals surface area contributed by atoms with Crippen molar-refractivity contribution in [3.05, 3.63) is 91.5 Å². The zero-order chi connectivity index (χ0) is 23.9. The molecular formula is C27H23N3O4. The predicted molar refractivity (Wildman–Crippen MR) is 129 cm³/mol. The zero-order valence-electron chi connectivity index (χ0n) is 18.6. The van der Waals surface area contributed by atoms with Crippen LogP contribution in [0.5, 0.6) is 11.5 Å². The van der Waals surface area contributed by atoms with E-state index in [1.54, 1.807) is 19.1 Å². The molecule has 1 aromatic heterocycles. The SMILES string of the molecule is C=CC(=O)OC(C)COc1ccc(-c2nc(-c3ccccc3)nc(-c3ccccc3)n2)c(O)c1. The standard InChI is InChI=1S/C27H23N3O4/c1-3-24(32)34-18(2)17-33-21-14-15-22(23(31)16-21)27-29-25(19-10-6-4-7-11-19)28-26(30-27)20-12-8-5-9-13-20/h3-16,18,31H,1,17H2,2H3.